The van der Waals surface area contributed by atoms with Crippen LogP contribution < -0.4 is 5.32 Å². The van der Waals surface area contributed by atoms with E-state index in [-0.39, 0.29) is 11.9 Å². The third-order valence-corrected chi connectivity index (χ3v) is 4.48. The van der Waals surface area contributed by atoms with Gasteiger partial charge in [0, 0.05) is 27.3 Å². The van der Waals surface area contributed by atoms with E-state index in [0.29, 0.717) is 6.04 Å². The third-order valence-electron chi connectivity index (χ3n) is 2.80. The molecule has 1 aliphatic rings. The van der Waals surface area contributed by atoms with Gasteiger partial charge in [0.05, 0.1) is 12.6 Å². The van der Waals surface area contributed by atoms with E-state index in [2.05, 4.69) is 46.5 Å². The van der Waals surface area contributed by atoms with Crippen LogP contribution in [0.4, 0.5) is 0 Å². The summed E-state index contributed by atoms with van der Waals surface area (Å²) in [5.74, 6) is 0.239. The van der Waals surface area contributed by atoms with E-state index in [0.717, 1.165) is 24.0 Å². The van der Waals surface area contributed by atoms with Gasteiger partial charge in [-0.3, -0.25) is 4.79 Å². The molecule has 1 N–H and O–H groups in total. The molecule has 1 saturated heterocycles. The average molecular weight is 317 g/mol. The van der Waals surface area contributed by atoms with Gasteiger partial charge < -0.3 is 10.2 Å². The van der Waals surface area contributed by atoms with E-state index >= 15 is 0 Å². The maximum Gasteiger partial charge on any atom is 0.240 e. The zero-order chi connectivity index (χ0) is 12.4. The van der Waals surface area contributed by atoms with Crippen LogP contribution in [0.3, 0.4) is 0 Å². The quantitative estimate of drug-likeness (QED) is 0.926. The Labute approximate surface area is 114 Å². The predicted molar refractivity (Wildman–Crippen MR) is 74.1 cm³/mol. The summed E-state index contributed by atoms with van der Waals surface area (Å²) >= 11 is 5.13. The summed E-state index contributed by atoms with van der Waals surface area (Å²) in [4.78, 5) is 15.3. The Bertz CT molecular complexity index is 405. The van der Waals surface area contributed by atoms with Gasteiger partial charge in [-0.05, 0) is 28.4 Å². The predicted octanol–water partition coefficient (Wildman–Crippen LogP) is 2.61. The molecule has 1 aromatic heterocycles. The monoisotopic (exact) mass is 316 g/mol. The second-order valence-electron chi connectivity index (χ2n) is 4.65. The lowest BCUT2D eigenvalue weighted by molar-refractivity contribution is -0.130. The van der Waals surface area contributed by atoms with Gasteiger partial charge in [0.25, 0.3) is 0 Å². The van der Waals surface area contributed by atoms with Crippen LogP contribution in [-0.4, -0.2) is 29.4 Å². The maximum absolute atomic E-state index is 12.1. The Balaban J connectivity index is 1.93. The molecule has 3 nitrogen and oxygen atoms in total. The number of rotatable bonds is 4. The highest BCUT2D eigenvalue weighted by molar-refractivity contribution is 9.10. The topological polar surface area (TPSA) is 32.3 Å². The molecule has 1 aliphatic heterocycles. The highest BCUT2D eigenvalue weighted by Gasteiger charge is 2.31. The Morgan fingerprint density at radius 2 is 2.41 bits per heavy atom. The van der Waals surface area contributed by atoms with Gasteiger partial charge >= 0.3 is 0 Å². The summed E-state index contributed by atoms with van der Waals surface area (Å²) in [6, 6.07) is 2.46. The van der Waals surface area contributed by atoms with Crippen LogP contribution in [0.2, 0.25) is 0 Å². The van der Waals surface area contributed by atoms with E-state index in [9.17, 15) is 4.79 Å². The number of hydrogen-bond donors (Lipinski definition) is 1. The van der Waals surface area contributed by atoms with Crippen LogP contribution >= 0.6 is 27.3 Å². The fourth-order valence-electron chi connectivity index (χ4n) is 2.08. The zero-order valence-electron chi connectivity index (χ0n) is 10.1. The van der Waals surface area contributed by atoms with Gasteiger partial charge in [-0.1, -0.05) is 13.8 Å². The van der Waals surface area contributed by atoms with E-state index in [1.165, 1.54) is 4.88 Å². The van der Waals surface area contributed by atoms with E-state index in [1.54, 1.807) is 11.3 Å². The first kappa shape index (κ1) is 13.1. The van der Waals surface area contributed by atoms with Gasteiger partial charge in [-0.2, -0.15) is 0 Å². The number of hydrogen-bond acceptors (Lipinski definition) is 3. The van der Waals surface area contributed by atoms with Crippen molar-refractivity contribution in [3.05, 3.63) is 20.8 Å². The fraction of sp³-hybridized carbons (Fsp3) is 0.583. The smallest absolute Gasteiger partial charge is 0.240 e. The number of nitrogens with zero attached hydrogens (tertiary/aromatic N) is 1. The van der Waals surface area contributed by atoms with Crippen molar-refractivity contribution < 1.29 is 4.79 Å². The SMILES string of the molecule is CC(C)NC1CCN(Cc2cc(Br)cs2)C1=O. The number of nitrogens with one attached hydrogen (secondary N) is 1. The lowest BCUT2D eigenvalue weighted by atomic mass is 10.2. The van der Waals surface area contributed by atoms with E-state index in [1.807, 2.05) is 4.90 Å². The first-order valence-electron chi connectivity index (χ1n) is 5.84. The van der Waals surface area contributed by atoms with Crippen LogP contribution in [0.5, 0.6) is 0 Å². The zero-order valence-corrected chi connectivity index (χ0v) is 12.5. The average Bonchev–Trinajstić information content (AvgIpc) is 2.79. The minimum Gasteiger partial charge on any atom is -0.336 e. The lowest BCUT2D eigenvalue weighted by Crippen LogP contribution is -2.41. The second-order valence-corrected chi connectivity index (χ2v) is 6.57. The molecule has 17 heavy (non-hydrogen) atoms. The molecular formula is C12H17BrN2OS. The standard InChI is InChI=1S/C12H17BrN2OS/c1-8(2)14-11-3-4-15(12(11)16)6-10-5-9(13)7-17-10/h5,7-8,11,14H,3-4,6H2,1-2H3. The molecule has 0 saturated carbocycles. The molecule has 1 aromatic rings. The fourth-order valence-corrected chi connectivity index (χ4v) is 3.54. The second kappa shape index (κ2) is 5.50. The van der Waals surface area contributed by atoms with Crippen molar-refractivity contribution in [2.75, 3.05) is 6.54 Å². The molecule has 0 aliphatic carbocycles. The molecule has 0 bridgehead atoms. The molecule has 1 amide bonds. The Morgan fingerprint density at radius 3 is 3.00 bits per heavy atom. The minimum absolute atomic E-state index is 0.0124. The number of carbonyl (C=O) groups is 1. The van der Waals surface area contributed by atoms with Crippen molar-refractivity contribution in [3.8, 4) is 0 Å². The van der Waals surface area contributed by atoms with Gasteiger partial charge in [0.15, 0.2) is 0 Å². The first-order valence-corrected chi connectivity index (χ1v) is 7.51. The van der Waals surface area contributed by atoms with Crippen LogP contribution in [0.15, 0.2) is 15.9 Å². The molecule has 94 valence electrons. The van der Waals surface area contributed by atoms with Crippen LogP contribution in [0, 0.1) is 0 Å². The van der Waals surface area contributed by atoms with Crippen LogP contribution in [-0.2, 0) is 11.3 Å². The van der Waals surface area contributed by atoms with Crippen molar-refractivity contribution >= 4 is 33.2 Å². The maximum atomic E-state index is 12.1. The van der Waals surface area contributed by atoms with Gasteiger partial charge in [0.2, 0.25) is 5.91 Å². The van der Waals surface area contributed by atoms with Crippen molar-refractivity contribution in [2.24, 2.45) is 0 Å². The van der Waals surface area contributed by atoms with Crippen molar-refractivity contribution in [3.63, 3.8) is 0 Å². The molecule has 1 unspecified atom stereocenters. The number of amides is 1. The highest BCUT2D eigenvalue weighted by atomic mass is 79.9. The molecule has 0 spiro atoms. The Kier molecular flexibility index (Phi) is 4.22. The van der Waals surface area contributed by atoms with Crippen molar-refractivity contribution in [1.82, 2.24) is 10.2 Å². The molecule has 2 rings (SSSR count). The highest BCUT2D eigenvalue weighted by Crippen LogP contribution is 2.23. The summed E-state index contributed by atoms with van der Waals surface area (Å²) in [7, 11) is 0. The van der Waals surface area contributed by atoms with E-state index < -0.39 is 0 Å². The number of likely N-dealkylation sites (tertiary alicyclic amines) is 1. The van der Waals surface area contributed by atoms with Crippen molar-refractivity contribution in [1.29, 1.82) is 0 Å². The number of halogens is 1. The molecular weight excluding hydrogens is 300 g/mol. The molecule has 1 atom stereocenters. The molecule has 5 heteroatoms. The molecule has 0 aromatic carbocycles. The number of thiophene rings is 1. The summed E-state index contributed by atoms with van der Waals surface area (Å²) in [5, 5.41) is 5.37. The summed E-state index contributed by atoms with van der Waals surface area (Å²) < 4.78 is 1.10. The molecule has 2 heterocycles. The van der Waals surface area contributed by atoms with Crippen molar-refractivity contribution in [2.45, 2.75) is 38.9 Å². The summed E-state index contributed by atoms with van der Waals surface area (Å²) in [5.41, 5.74) is 0. The van der Waals surface area contributed by atoms with Gasteiger partial charge in [0.1, 0.15) is 0 Å². The first-order chi connectivity index (χ1) is 8.06. The van der Waals surface area contributed by atoms with E-state index in [4.69, 9.17) is 0 Å². The van der Waals surface area contributed by atoms with Gasteiger partial charge in [-0.15, -0.1) is 11.3 Å². The summed E-state index contributed by atoms with van der Waals surface area (Å²) in [6.07, 6.45) is 0.920. The minimum atomic E-state index is 0.0124. The number of carbonyl (C=O) groups excluding carboxylic acids is 1. The summed E-state index contributed by atoms with van der Waals surface area (Å²) in [6.45, 7) is 5.75. The largest absolute Gasteiger partial charge is 0.336 e. The van der Waals surface area contributed by atoms with Crippen LogP contribution in [0.1, 0.15) is 25.1 Å². The lowest BCUT2D eigenvalue weighted by Gasteiger charge is -2.17. The van der Waals surface area contributed by atoms with Gasteiger partial charge in [-0.25, -0.2) is 0 Å². The molecule has 1 fully saturated rings. The normalized spacial score (nSPS) is 20.6. The van der Waals surface area contributed by atoms with Crippen LogP contribution in [0.25, 0.3) is 0 Å². The Morgan fingerprint density at radius 1 is 1.65 bits per heavy atom. The Hall–Kier alpha value is -0.390. The third kappa shape index (κ3) is 3.30. The molecule has 0 radical (unpaired) electrons.